The van der Waals surface area contributed by atoms with E-state index in [1.165, 1.54) is 21.6 Å². The van der Waals surface area contributed by atoms with Gasteiger partial charge in [0.2, 0.25) is 11.8 Å². The molecule has 0 aliphatic carbocycles. The molecule has 1 saturated heterocycles. The molecule has 4 rings (SSSR count). The van der Waals surface area contributed by atoms with Crippen molar-refractivity contribution in [3.63, 3.8) is 0 Å². The van der Waals surface area contributed by atoms with Crippen molar-refractivity contribution in [1.82, 2.24) is 14.7 Å². The number of carbonyl (C=O) groups is 2. The maximum atomic E-state index is 13.5. The molecule has 2 aliphatic heterocycles. The number of carbonyl (C=O) groups excluding carboxylic acids is 2. The Bertz CT molecular complexity index is 946. The second-order valence-corrected chi connectivity index (χ2v) is 10.0. The van der Waals surface area contributed by atoms with Crippen LogP contribution in [0, 0.1) is 12.8 Å². The predicted molar refractivity (Wildman–Crippen MR) is 125 cm³/mol. The molecule has 1 aromatic carbocycles. The Kier molecular flexibility index (Phi) is 6.49. The van der Waals surface area contributed by atoms with Crippen LogP contribution in [0.4, 0.5) is 0 Å². The monoisotopic (exact) mass is 439 g/mol. The van der Waals surface area contributed by atoms with Gasteiger partial charge in [-0.05, 0) is 48.4 Å². The first kappa shape index (κ1) is 22.0. The molecule has 5 nitrogen and oxygen atoms in total. The predicted octanol–water partition coefficient (Wildman–Crippen LogP) is 3.72. The lowest BCUT2D eigenvalue weighted by atomic mass is 9.89. The Morgan fingerprint density at radius 1 is 0.903 bits per heavy atom. The van der Waals surface area contributed by atoms with Gasteiger partial charge in [0.1, 0.15) is 0 Å². The second kappa shape index (κ2) is 9.13. The molecular weight excluding hydrogens is 406 g/mol. The van der Waals surface area contributed by atoms with Crippen LogP contribution in [-0.4, -0.2) is 65.3 Å². The van der Waals surface area contributed by atoms with Crippen LogP contribution in [0.25, 0.3) is 0 Å². The van der Waals surface area contributed by atoms with Crippen molar-refractivity contribution in [3.05, 3.63) is 57.3 Å². The van der Waals surface area contributed by atoms with Gasteiger partial charge < -0.3 is 9.80 Å². The SMILES string of the molecule is Cc1ccccc1C1c2ccsc2CCN1C(C)C(=O)N1CCN(C(=O)C(C)C)CC1. The van der Waals surface area contributed by atoms with E-state index >= 15 is 0 Å². The van der Waals surface area contributed by atoms with Crippen molar-refractivity contribution >= 4 is 23.2 Å². The van der Waals surface area contributed by atoms with Crippen molar-refractivity contribution in [3.8, 4) is 0 Å². The number of thiophene rings is 1. The third-order valence-corrected chi connectivity index (χ3v) is 7.73. The largest absolute Gasteiger partial charge is 0.339 e. The average molecular weight is 440 g/mol. The number of rotatable bonds is 4. The number of hydrogen-bond acceptors (Lipinski definition) is 4. The lowest BCUT2D eigenvalue weighted by Crippen LogP contribution is -2.56. The molecule has 1 fully saturated rings. The Labute approximate surface area is 189 Å². The molecule has 6 heteroatoms. The van der Waals surface area contributed by atoms with Crippen molar-refractivity contribution in [2.75, 3.05) is 32.7 Å². The molecule has 0 bridgehead atoms. The smallest absolute Gasteiger partial charge is 0.239 e. The maximum absolute atomic E-state index is 13.5. The zero-order valence-corrected chi connectivity index (χ0v) is 19.8. The Hall–Kier alpha value is -2.18. The van der Waals surface area contributed by atoms with Crippen LogP contribution in [0.15, 0.2) is 35.7 Å². The molecule has 2 aromatic rings. The summed E-state index contributed by atoms with van der Waals surface area (Å²) < 4.78 is 0. The lowest BCUT2D eigenvalue weighted by molar-refractivity contribution is -0.144. The number of piperazine rings is 1. The van der Waals surface area contributed by atoms with Crippen LogP contribution in [-0.2, 0) is 16.0 Å². The Morgan fingerprint density at radius 2 is 1.55 bits per heavy atom. The normalized spacial score (nSPS) is 20.6. The molecule has 166 valence electrons. The number of aryl methyl sites for hydroxylation is 1. The summed E-state index contributed by atoms with van der Waals surface area (Å²) in [5.41, 5.74) is 3.89. The standard InChI is InChI=1S/C25H33N3O2S/c1-17(2)24(29)26-12-14-27(15-13-26)25(30)19(4)28-11-9-22-21(10-16-31-22)23(28)20-8-6-5-7-18(20)3/h5-8,10,16-17,19,23H,9,11-15H2,1-4H3. The minimum absolute atomic E-state index is 0.00389. The summed E-state index contributed by atoms with van der Waals surface area (Å²) in [7, 11) is 0. The van der Waals surface area contributed by atoms with Gasteiger partial charge in [-0.25, -0.2) is 0 Å². The minimum atomic E-state index is -0.204. The molecule has 2 unspecified atom stereocenters. The fourth-order valence-corrected chi connectivity index (χ4v) is 5.82. The second-order valence-electron chi connectivity index (χ2n) is 9.03. The Morgan fingerprint density at radius 3 is 2.19 bits per heavy atom. The molecule has 0 saturated carbocycles. The number of hydrogen-bond donors (Lipinski definition) is 0. The average Bonchev–Trinajstić information content (AvgIpc) is 3.26. The zero-order chi connectivity index (χ0) is 22.1. The van der Waals surface area contributed by atoms with Crippen LogP contribution < -0.4 is 0 Å². The van der Waals surface area contributed by atoms with E-state index in [1.807, 2.05) is 35.0 Å². The fourth-order valence-electron chi connectivity index (χ4n) is 4.91. The molecule has 2 atom stereocenters. The quantitative estimate of drug-likeness (QED) is 0.729. The van der Waals surface area contributed by atoms with Gasteiger partial charge in [-0.15, -0.1) is 11.3 Å². The number of amides is 2. The third kappa shape index (κ3) is 4.28. The van der Waals surface area contributed by atoms with E-state index in [1.54, 1.807) is 0 Å². The number of nitrogens with zero attached hydrogens (tertiary/aromatic N) is 3. The topological polar surface area (TPSA) is 43.9 Å². The van der Waals surface area contributed by atoms with Gasteiger partial charge in [-0.2, -0.15) is 0 Å². The lowest BCUT2D eigenvalue weighted by Gasteiger charge is -2.43. The Balaban J connectivity index is 1.53. The van der Waals surface area contributed by atoms with Crippen LogP contribution in [0.3, 0.4) is 0 Å². The highest BCUT2D eigenvalue weighted by Crippen LogP contribution is 2.40. The van der Waals surface area contributed by atoms with Gasteiger partial charge in [0.15, 0.2) is 0 Å². The highest BCUT2D eigenvalue weighted by Gasteiger charge is 2.38. The van der Waals surface area contributed by atoms with E-state index in [4.69, 9.17) is 0 Å². The van der Waals surface area contributed by atoms with Crippen molar-refractivity contribution in [1.29, 1.82) is 0 Å². The zero-order valence-electron chi connectivity index (χ0n) is 19.0. The van der Waals surface area contributed by atoms with Crippen LogP contribution in [0.5, 0.6) is 0 Å². The molecule has 0 N–H and O–H groups in total. The van der Waals surface area contributed by atoms with E-state index in [-0.39, 0.29) is 29.8 Å². The van der Waals surface area contributed by atoms with Gasteiger partial charge in [0, 0.05) is 43.5 Å². The van der Waals surface area contributed by atoms with Crippen LogP contribution in [0.1, 0.15) is 48.4 Å². The molecule has 0 spiro atoms. The fraction of sp³-hybridized carbons (Fsp3) is 0.520. The molecule has 3 heterocycles. The summed E-state index contributed by atoms with van der Waals surface area (Å²) in [6.07, 6.45) is 0.990. The molecule has 0 radical (unpaired) electrons. The van der Waals surface area contributed by atoms with E-state index in [0.29, 0.717) is 26.2 Å². The number of fused-ring (bicyclic) bond motifs is 1. The molecular formula is C25H33N3O2S. The van der Waals surface area contributed by atoms with E-state index in [2.05, 4.69) is 54.5 Å². The summed E-state index contributed by atoms with van der Waals surface area (Å²) in [5.74, 6) is 0.360. The summed E-state index contributed by atoms with van der Waals surface area (Å²) in [6.45, 7) is 11.5. The van der Waals surface area contributed by atoms with Crippen molar-refractivity contribution < 1.29 is 9.59 Å². The van der Waals surface area contributed by atoms with Crippen molar-refractivity contribution in [2.24, 2.45) is 5.92 Å². The maximum Gasteiger partial charge on any atom is 0.239 e. The highest BCUT2D eigenvalue weighted by molar-refractivity contribution is 7.10. The van der Waals surface area contributed by atoms with E-state index in [0.717, 1.165) is 13.0 Å². The van der Waals surface area contributed by atoms with Gasteiger partial charge in [-0.1, -0.05) is 38.1 Å². The highest BCUT2D eigenvalue weighted by atomic mass is 32.1. The van der Waals surface area contributed by atoms with E-state index < -0.39 is 0 Å². The summed E-state index contributed by atoms with van der Waals surface area (Å²) in [6, 6.07) is 10.7. The first-order chi connectivity index (χ1) is 14.9. The molecule has 1 aromatic heterocycles. The van der Waals surface area contributed by atoms with Crippen LogP contribution >= 0.6 is 11.3 Å². The molecule has 2 aliphatic rings. The number of benzene rings is 1. The van der Waals surface area contributed by atoms with Crippen LogP contribution in [0.2, 0.25) is 0 Å². The first-order valence-electron chi connectivity index (χ1n) is 11.3. The summed E-state index contributed by atoms with van der Waals surface area (Å²) >= 11 is 1.83. The first-order valence-corrected chi connectivity index (χ1v) is 12.2. The van der Waals surface area contributed by atoms with Gasteiger partial charge in [-0.3, -0.25) is 14.5 Å². The van der Waals surface area contributed by atoms with E-state index in [9.17, 15) is 9.59 Å². The van der Waals surface area contributed by atoms with Crippen molar-refractivity contribution in [2.45, 2.75) is 46.2 Å². The van der Waals surface area contributed by atoms with Gasteiger partial charge >= 0.3 is 0 Å². The molecule has 2 amide bonds. The third-order valence-electron chi connectivity index (χ3n) is 6.74. The van der Waals surface area contributed by atoms with Gasteiger partial charge in [0.05, 0.1) is 12.1 Å². The minimum Gasteiger partial charge on any atom is -0.339 e. The summed E-state index contributed by atoms with van der Waals surface area (Å²) in [4.78, 5) is 33.5. The molecule has 31 heavy (non-hydrogen) atoms. The summed E-state index contributed by atoms with van der Waals surface area (Å²) in [5, 5.41) is 2.18. The van der Waals surface area contributed by atoms with Gasteiger partial charge in [0.25, 0.3) is 0 Å².